The fourth-order valence-electron chi connectivity index (χ4n) is 2.31. The van der Waals surface area contributed by atoms with Crippen LogP contribution in [0.5, 0.6) is 0 Å². The molecule has 2 atom stereocenters. The van der Waals surface area contributed by atoms with Crippen molar-refractivity contribution >= 4 is 0 Å². The topological polar surface area (TPSA) is 33.7 Å². The normalized spacial score (nSPS) is 25.4. The van der Waals surface area contributed by atoms with Crippen LogP contribution in [0.15, 0.2) is 0 Å². The van der Waals surface area contributed by atoms with Crippen molar-refractivity contribution in [2.45, 2.75) is 25.8 Å². The minimum Gasteiger partial charge on any atom is -0.383 e. The third kappa shape index (κ3) is 5.82. The van der Waals surface area contributed by atoms with Crippen molar-refractivity contribution in [3.05, 3.63) is 0 Å². The van der Waals surface area contributed by atoms with Crippen LogP contribution >= 0.6 is 0 Å². The van der Waals surface area contributed by atoms with Crippen LogP contribution in [0.25, 0.3) is 0 Å². The Kier molecular flexibility index (Phi) is 7.77. The Labute approximate surface area is 106 Å². The Bertz CT molecular complexity index is 190. The molecule has 0 aliphatic carbocycles. The van der Waals surface area contributed by atoms with Crippen molar-refractivity contribution in [3.63, 3.8) is 0 Å². The third-order valence-corrected chi connectivity index (χ3v) is 3.35. The molecular formula is C13H28N2O2. The van der Waals surface area contributed by atoms with Gasteiger partial charge in [0.15, 0.2) is 0 Å². The molecule has 1 fully saturated rings. The predicted octanol–water partition coefficient (Wildman–Crippen LogP) is 0.969. The lowest BCUT2D eigenvalue weighted by Gasteiger charge is -2.34. The highest BCUT2D eigenvalue weighted by Crippen LogP contribution is 2.15. The van der Waals surface area contributed by atoms with Gasteiger partial charge in [-0.1, -0.05) is 6.92 Å². The second-order valence-electron chi connectivity index (χ2n) is 4.94. The quantitative estimate of drug-likeness (QED) is 0.690. The van der Waals surface area contributed by atoms with Crippen LogP contribution < -0.4 is 5.32 Å². The molecule has 2 unspecified atom stereocenters. The van der Waals surface area contributed by atoms with Crippen molar-refractivity contribution in [2.24, 2.45) is 5.92 Å². The first-order valence-corrected chi connectivity index (χ1v) is 6.76. The first kappa shape index (κ1) is 14.9. The van der Waals surface area contributed by atoms with Crippen LogP contribution in [-0.4, -0.2) is 64.6 Å². The average Bonchev–Trinajstić information content (AvgIpc) is 2.35. The molecule has 1 N–H and O–H groups in total. The number of hydrogen-bond donors (Lipinski definition) is 1. The minimum atomic E-state index is 0.608. The maximum Gasteiger partial charge on any atom is 0.0589 e. The summed E-state index contributed by atoms with van der Waals surface area (Å²) in [5, 5.41) is 3.64. The van der Waals surface area contributed by atoms with Gasteiger partial charge in [0.05, 0.1) is 13.2 Å². The highest BCUT2D eigenvalue weighted by Gasteiger charge is 2.25. The molecule has 1 saturated heterocycles. The lowest BCUT2D eigenvalue weighted by molar-refractivity contribution is 0.0172. The monoisotopic (exact) mass is 244 g/mol. The number of likely N-dealkylation sites (N-methyl/N-ethyl adjacent to an activating group) is 1. The van der Waals surface area contributed by atoms with Crippen molar-refractivity contribution in [2.75, 3.05) is 53.6 Å². The van der Waals surface area contributed by atoms with Gasteiger partial charge < -0.3 is 19.7 Å². The van der Waals surface area contributed by atoms with Crippen molar-refractivity contribution in [1.82, 2.24) is 10.2 Å². The maximum atomic E-state index is 5.60. The van der Waals surface area contributed by atoms with Gasteiger partial charge >= 0.3 is 0 Å². The predicted molar refractivity (Wildman–Crippen MR) is 70.4 cm³/mol. The summed E-state index contributed by atoms with van der Waals surface area (Å²) >= 11 is 0. The van der Waals surface area contributed by atoms with Gasteiger partial charge in [-0.3, -0.25) is 0 Å². The molecule has 1 heterocycles. The molecule has 1 rings (SSSR count). The molecule has 102 valence electrons. The molecule has 0 radical (unpaired) electrons. The lowest BCUT2D eigenvalue weighted by atomic mass is 9.95. The van der Waals surface area contributed by atoms with E-state index in [1.807, 2.05) is 0 Å². The Balaban J connectivity index is 2.30. The molecule has 0 aromatic heterocycles. The summed E-state index contributed by atoms with van der Waals surface area (Å²) in [6, 6.07) is 0.619. The molecule has 0 aromatic rings. The van der Waals surface area contributed by atoms with Crippen molar-refractivity contribution < 1.29 is 9.47 Å². The molecule has 0 spiro atoms. The van der Waals surface area contributed by atoms with Gasteiger partial charge in [-0.25, -0.2) is 0 Å². The highest BCUT2D eigenvalue weighted by atomic mass is 16.5. The summed E-state index contributed by atoms with van der Waals surface area (Å²) in [4.78, 5) is 2.34. The van der Waals surface area contributed by atoms with Gasteiger partial charge in [-0.15, -0.1) is 0 Å². The minimum absolute atomic E-state index is 0.608. The summed E-state index contributed by atoms with van der Waals surface area (Å²) < 4.78 is 10.7. The SMILES string of the molecule is CCCNC1CCOCC1CN(C)CCOC. The Morgan fingerprint density at radius 1 is 1.47 bits per heavy atom. The van der Waals surface area contributed by atoms with Crippen molar-refractivity contribution in [1.29, 1.82) is 0 Å². The Morgan fingerprint density at radius 3 is 3.00 bits per heavy atom. The molecule has 4 nitrogen and oxygen atoms in total. The number of ether oxygens (including phenoxy) is 2. The molecule has 0 amide bonds. The van der Waals surface area contributed by atoms with E-state index in [2.05, 4.69) is 24.2 Å². The summed E-state index contributed by atoms with van der Waals surface area (Å²) in [6.07, 6.45) is 2.34. The Morgan fingerprint density at radius 2 is 2.29 bits per heavy atom. The van der Waals surface area contributed by atoms with E-state index < -0.39 is 0 Å². The first-order chi connectivity index (χ1) is 8.27. The van der Waals surface area contributed by atoms with E-state index in [0.717, 1.165) is 45.9 Å². The van der Waals surface area contributed by atoms with Gasteiger partial charge in [0.25, 0.3) is 0 Å². The van der Waals surface area contributed by atoms with E-state index in [4.69, 9.17) is 9.47 Å². The molecule has 0 aromatic carbocycles. The largest absolute Gasteiger partial charge is 0.383 e. The van der Waals surface area contributed by atoms with Crippen LogP contribution in [0, 0.1) is 5.92 Å². The molecule has 0 saturated carbocycles. The van der Waals surface area contributed by atoms with Crippen LogP contribution in [0.2, 0.25) is 0 Å². The molecule has 1 aliphatic rings. The van der Waals surface area contributed by atoms with Gasteiger partial charge in [-0.05, 0) is 26.4 Å². The molecular weight excluding hydrogens is 216 g/mol. The molecule has 17 heavy (non-hydrogen) atoms. The van der Waals surface area contributed by atoms with Gasteiger partial charge in [0, 0.05) is 38.8 Å². The zero-order valence-electron chi connectivity index (χ0n) is 11.6. The maximum absolute atomic E-state index is 5.60. The van der Waals surface area contributed by atoms with E-state index in [0.29, 0.717) is 12.0 Å². The van der Waals surface area contributed by atoms with Crippen molar-refractivity contribution in [3.8, 4) is 0 Å². The lowest BCUT2D eigenvalue weighted by Crippen LogP contribution is -2.47. The first-order valence-electron chi connectivity index (χ1n) is 6.76. The van der Waals surface area contributed by atoms with Crippen LogP contribution in [0.3, 0.4) is 0 Å². The number of nitrogens with one attached hydrogen (secondary N) is 1. The van der Waals surface area contributed by atoms with E-state index in [-0.39, 0.29) is 0 Å². The number of methoxy groups -OCH3 is 1. The molecule has 4 heteroatoms. The van der Waals surface area contributed by atoms with Crippen LogP contribution in [0.4, 0.5) is 0 Å². The van der Waals surface area contributed by atoms with E-state index in [1.165, 1.54) is 6.42 Å². The summed E-state index contributed by atoms with van der Waals surface area (Å²) in [5.74, 6) is 0.608. The summed E-state index contributed by atoms with van der Waals surface area (Å²) in [7, 11) is 3.91. The Hall–Kier alpha value is -0.160. The van der Waals surface area contributed by atoms with Crippen LogP contribution in [0.1, 0.15) is 19.8 Å². The van der Waals surface area contributed by atoms with E-state index in [1.54, 1.807) is 7.11 Å². The van der Waals surface area contributed by atoms with Crippen LogP contribution in [-0.2, 0) is 9.47 Å². The zero-order chi connectivity index (χ0) is 12.5. The average molecular weight is 244 g/mol. The second kappa shape index (κ2) is 8.86. The third-order valence-electron chi connectivity index (χ3n) is 3.35. The van der Waals surface area contributed by atoms with Gasteiger partial charge in [0.1, 0.15) is 0 Å². The fourth-order valence-corrected chi connectivity index (χ4v) is 2.31. The smallest absolute Gasteiger partial charge is 0.0589 e. The second-order valence-corrected chi connectivity index (χ2v) is 4.94. The number of hydrogen-bond acceptors (Lipinski definition) is 4. The summed E-state index contributed by atoms with van der Waals surface area (Å²) in [5.41, 5.74) is 0. The zero-order valence-corrected chi connectivity index (χ0v) is 11.6. The standard InChI is InChI=1S/C13H28N2O2/c1-4-6-14-13-5-8-17-11-12(13)10-15(2)7-9-16-3/h12-14H,4-11H2,1-3H3. The number of nitrogens with zero attached hydrogens (tertiary/aromatic N) is 1. The van der Waals surface area contributed by atoms with Gasteiger partial charge in [0.2, 0.25) is 0 Å². The number of rotatable bonds is 8. The molecule has 1 aliphatic heterocycles. The summed E-state index contributed by atoms with van der Waals surface area (Å²) in [6.45, 7) is 8.00. The fraction of sp³-hybridized carbons (Fsp3) is 1.00. The molecule has 0 bridgehead atoms. The highest BCUT2D eigenvalue weighted by molar-refractivity contribution is 4.81. The van der Waals surface area contributed by atoms with E-state index >= 15 is 0 Å². The van der Waals surface area contributed by atoms with Gasteiger partial charge in [-0.2, -0.15) is 0 Å². The van der Waals surface area contributed by atoms with E-state index in [9.17, 15) is 0 Å².